The quantitative estimate of drug-likeness (QED) is 0.338. The third-order valence-electron chi connectivity index (χ3n) is 5.46. The molecular weight excluding hydrogens is 438 g/mol. The van der Waals surface area contributed by atoms with Crippen LogP contribution in [0.15, 0.2) is 84.8 Å². The minimum atomic E-state index is 0.505. The molecule has 5 nitrogen and oxygen atoms in total. The Morgan fingerprint density at radius 3 is 2.71 bits per heavy atom. The lowest BCUT2D eigenvalue weighted by Crippen LogP contribution is -2.14. The maximum atomic E-state index is 6.24. The van der Waals surface area contributed by atoms with E-state index in [2.05, 4.69) is 69.9 Å². The minimum absolute atomic E-state index is 0.505. The Bertz CT molecular complexity index is 1220. The van der Waals surface area contributed by atoms with Crippen molar-refractivity contribution < 1.29 is 0 Å². The van der Waals surface area contributed by atoms with Crippen LogP contribution in [0.3, 0.4) is 0 Å². The number of thiophene rings is 1. The second kappa shape index (κ2) is 11.6. The molecule has 0 aromatic carbocycles. The fraction of sp³-hybridized carbons (Fsp3) is 0.214. The first-order valence-electron chi connectivity index (χ1n) is 11.1. The Morgan fingerprint density at radius 2 is 2.06 bits per heavy atom. The van der Waals surface area contributed by atoms with Gasteiger partial charge in [-0.3, -0.25) is 4.98 Å². The van der Waals surface area contributed by atoms with Gasteiger partial charge in [-0.2, -0.15) is 0 Å². The first-order chi connectivity index (χ1) is 16.3. The normalized spacial score (nSPS) is 12.1. The van der Waals surface area contributed by atoms with Crippen molar-refractivity contribution >= 4 is 28.4 Å². The van der Waals surface area contributed by atoms with Crippen LogP contribution in [-0.2, 0) is 6.42 Å². The van der Waals surface area contributed by atoms with Gasteiger partial charge in [0.15, 0.2) is 0 Å². The maximum absolute atomic E-state index is 6.24. The highest BCUT2D eigenvalue weighted by Gasteiger charge is 2.11. The van der Waals surface area contributed by atoms with Gasteiger partial charge in [-0.1, -0.05) is 37.5 Å². The number of nitrogen functional groups attached to an aromatic ring is 1. The van der Waals surface area contributed by atoms with Gasteiger partial charge in [-0.05, 0) is 62.2 Å². The zero-order valence-corrected chi connectivity index (χ0v) is 21.2. The number of likely N-dealkylation sites (N-methyl/N-ethyl adjacent to an activating group) is 1. The van der Waals surface area contributed by atoms with Crippen molar-refractivity contribution in [3.8, 4) is 10.4 Å². The number of nitrogens with zero attached hydrogens (tertiary/aromatic N) is 3. The molecule has 0 saturated heterocycles. The van der Waals surface area contributed by atoms with E-state index in [4.69, 9.17) is 5.73 Å². The highest BCUT2D eigenvalue weighted by Crippen LogP contribution is 2.31. The van der Waals surface area contributed by atoms with Crippen molar-refractivity contribution in [2.75, 3.05) is 31.7 Å². The molecule has 3 rings (SSSR count). The maximum Gasteiger partial charge on any atom is 0.126 e. The van der Waals surface area contributed by atoms with Crippen molar-refractivity contribution in [3.05, 3.63) is 102 Å². The molecule has 0 aliphatic heterocycles. The standard InChI is InChI=1S/C28H33N5S/c1-7-21(18-33(5)6)13-22(8-2)24-14-23(28(29)31-15-24)12-19(3)32-26-17-30-16-25(20(26)4)27-10-9-11-34-27/h7-11,13-17,32H,1,3,12,18H2,2,4-6H3,(H2,29,31)/b21-13+,22-8+. The number of nitrogens with two attached hydrogens (primary N) is 1. The largest absolute Gasteiger partial charge is 0.383 e. The molecule has 176 valence electrons. The van der Waals surface area contributed by atoms with Gasteiger partial charge >= 0.3 is 0 Å². The fourth-order valence-electron chi connectivity index (χ4n) is 3.68. The van der Waals surface area contributed by atoms with Gasteiger partial charge < -0.3 is 16.0 Å². The van der Waals surface area contributed by atoms with E-state index >= 15 is 0 Å². The molecule has 0 radical (unpaired) electrons. The summed E-state index contributed by atoms with van der Waals surface area (Å²) in [5, 5.41) is 5.51. The van der Waals surface area contributed by atoms with E-state index in [1.165, 1.54) is 4.88 Å². The smallest absolute Gasteiger partial charge is 0.126 e. The Kier molecular flexibility index (Phi) is 8.57. The Morgan fingerprint density at radius 1 is 1.26 bits per heavy atom. The van der Waals surface area contributed by atoms with Crippen LogP contribution < -0.4 is 11.1 Å². The molecule has 0 fully saturated rings. The summed E-state index contributed by atoms with van der Waals surface area (Å²) in [5.74, 6) is 0.505. The van der Waals surface area contributed by atoms with Crippen LogP contribution >= 0.6 is 11.3 Å². The van der Waals surface area contributed by atoms with E-state index in [0.29, 0.717) is 12.2 Å². The number of aromatic nitrogens is 2. The average molecular weight is 472 g/mol. The van der Waals surface area contributed by atoms with Crippen LogP contribution in [-0.4, -0.2) is 35.5 Å². The van der Waals surface area contributed by atoms with Gasteiger partial charge in [0.05, 0.1) is 11.9 Å². The van der Waals surface area contributed by atoms with Gasteiger partial charge in [0.25, 0.3) is 0 Å². The highest BCUT2D eigenvalue weighted by molar-refractivity contribution is 7.13. The van der Waals surface area contributed by atoms with Crippen molar-refractivity contribution in [1.82, 2.24) is 14.9 Å². The molecule has 0 aliphatic carbocycles. The molecule has 0 unspecified atom stereocenters. The summed E-state index contributed by atoms with van der Waals surface area (Å²) >= 11 is 1.70. The van der Waals surface area contributed by atoms with Crippen LogP contribution in [0.1, 0.15) is 23.6 Å². The van der Waals surface area contributed by atoms with Crippen LogP contribution in [0.25, 0.3) is 16.0 Å². The van der Waals surface area contributed by atoms with E-state index in [1.807, 2.05) is 51.8 Å². The van der Waals surface area contributed by atoms with E-state index in [1.54, 1.807) is 11.3 Å². The van der Waals surface area contributed by atoms with E-state index in [-0.39, 0.29) is 0 Å². The monoisotopic (exact) mass is 471 g/mol. The number of allylic oxidation sites excluding steroid dienone is 4. The van der Waals surface area contributed by atoms with Gasteiger partial charge in [-0.15, -0.1) is 11.3 Å². The Balaban J connectivity index is 1.81. The van der Waals surface area contributed by atoms with Gasteiger partial charge in [-0.25, -0.2) is 4.98 Å². The summed E-state index contributed by atoms with van der Waals surface area (Å²) in [6.45, 7) is 13.1. The fourth-order valence-corrected chi connectivity index (χ4v) is 4.48. The van der Waals surface area contributed by atoms with E-state index < -0.39 is 0 Å². The van der Waals surface area contributed by atoms with E-state index in [0.717, 1.165) is 51.3 Å². The second-order valence-electron chi connectivity index (χ2n) is 8.42. The molecule has 3 aromatic heterocycles. The van der Waals surface area contributed by atoms with Gasteiger partial charge in [0.2, 0.25) is 0 Å². The summed E-state index contributed by atoms with van der Waals surface area (Å²) in [4.78, 5) is 12.2. The number of hydrogen-bond donors (Lipinski definition) is 2. The summed E-state index contributed by atoms with van der Waals surface area (Å²) in [7, 11) is 4.09. The molecule has 0 saturated carbocycles. The molecule has 3 aromatic rings. The first kappa shape index (κ1) is 25.1. The molecule has 3 heterocycles. The number of rotatable bonds is 10. The number of nitrogens with one attached hydrogen (secondary N) is 1. The molecule has 3 N–H and O–H groups in total. The lowest BCUT2D eigenvalue weighted by Gasteiger charge is -2.16. The third-order valence-corrected chi connectivity index (χ3v) is 6.37. The third kappa shape index (κ3) is 6.31. The molecule has 0 aliphatic rings. The van der Waals surface area contributed by atoms with Crippen LogP contribution in [0.5, 0.6) is 0 Å². The van der Waals surface area contributed by atoms with Crippen molar-refractivity contribution in [2.45, 2.75) is 20.3 Å². The summed E-state index contributed by atoms with van der Waals surface area (Å²) in [5.41, 5.74) is 14.4. The predicted octanol–water partition coefficient (Wildman–Crippen LogP) is 6.34. The second-order valence-corrected chi connectivity index (χ2v) is 9.36. The van der Waals surface area contributed by atoms with Crippen molar-refractivity contribution in [1.29, 1.82) is 0 Å². The number of hydrogen-bond acceptors (Lipinski definition) is 6. The number of pyridine rings is 2. The minimum Gasteiger partial charge on any atom is -0.383 e. The zero-order valence-electron chi connectivity index (χ0n) is 20.4. The van der Waals surface area contributed by atoms with E-state index in [9.17, 15) is 0 Å². The lowest BCUT2D eigenvalue weighted by atomic mass is 10.0. The topological polar surface area (TPSA) is 67.1 Å². The van der Waals surface area contributed by atoms with Crippen LogP contribution in [0, 0.1) is 6.92 Å². The molecular formula is C28H33N5S. The van der Waals surface area contributed by atoms with Crippen LogP contribution in [0.4, 0.5) is 11.5 Å². The lowest BCUT2D eigenvalue weighted by molar-refractivity contribution is 0.449. The summed E-state index contributed by atoms with van der Waals surface area (Å²) < 4.78 is 0. The predicted molar refractivity (Wildman–Crippen MR) is 148 cm³/mol. The average Bonchev–Trinajstić information content (AvgIpc) is 3.34. The molecule has 0 spiro atoms. The SMILES string of the molecule is C=C/C(=C\C(=C/C)c1cnc(N)c(CC(=C)Nc2cncc(-c3cccs3)c2C)c1)CN(C)C. The van der Waals surface area contributed by atoms with Crippen molar-refractivity contribution in [2.24, 2.45) is 0 Å². The summed E-state index contributed by atoms with van der Waals surface area (Å²) in [6.07, 6.45) is 12.2. The zero-order chi connectivity index (χ0) is 24.7. The first-order valence-corrected chi connectivity index (χ1v) is 12.0. The Hall–Kier alpha value is -3.48. The van der Waals surface area contributed by atoms with Gasteiger partial charge in [0, 0.05) is 52.6 Å². The van der Waals surface area contributed by atoms with Crippen molar-refractivity contribution in [3.63, 3.8) is 0 Å². The summed E-state index contributed by atoms with van der Waals surface area (Å²) in [6, 6.07) is 6.24. The molecule has 34 heavy (non-hydrogen) atoms. The van der Waals surface area contributed by atoms with Crippen LogP contribution in [0.2, 0.25) is 0 Å². The molecule has 0 amide bonds. The highest BCUT2D eigenvalue weighted by atomic mass is 32.1. The molecule has 0 bridgehead atoms. The molecule has 6 heteroatoms. The Labute approximate surface area is 207 Å². The van der Waals surface area contributed by atoms with Gasteiger partial charge in [0.1, 0.15) is 5.82 Å². The number of anilines is 2. The molecule has 0 atom stereocenters.